The Bertz CT molecular complexity index is 364. The van der Waals surface area contributed by atoms with Gasteiger partial charge in [-0.3, -0.25) is 5.01 Å². The van der Waals surface area contributed by atoms with Crippen molar-refractivity contribution in [3.63, 3.8) is 0 Å². The largest absolute Gasteiger partial charge is 0.479 e. The molecule has 0 atom stereocenters. The fraction of sp³-hybridized carbons (Fsp3) is 0.500. The topological polar surface area (TPSA) is 59.3 Å². The summed E-state index contributed by atoms with van der Waals surface area (Å²) in [4.78, 5) is 4.04. The molecule has 1 aliphatic heterocycles. The van der Waals surface area contributed by atoms with E-state index in [4.69, 9.17) is 9.47 Å². The highest BCUT2D eigenvalue weighted by molar-refractivity contribution is 5.45. The van der Waals surface area contributed by atoms with Gasteiger partial charge in [0.05, 0.1) is 33.4 Å². The third kappa shape index (κ3) is 2.66. The van der Waals surface area contributed by atoms with Crippen molar-refractivity contribution < 1.29 is 9.47 Å². The monoisotopic (exact) mass is 222 g/mol. The van der Waals surface area contributed by atoms with E-state index in [-0.39, 0.29) is 0 Å². The van der Waals surface area contributed by atoms with Gasteiger partial charge in [0, 0.05) is 6.20 Å². The zero-order valence-corrected chi connectivity index (χ0v) is 9.17. The second-order valence-electron chi connectivity index (χ2n) is 3.29. The minimum atomic E-state index is 0.486. The standard InChI is InChI=1S/C10H14N4O2/c1-15-10-9(3-2-4-11-10)12-13-14-5-7-16-8-6-14/h2-4H,5-8H2,1H3/b13-12+. The molecule has 0 radical (unpaired) electrons. The van der Waals surface area contributed by atoms with Crippen LogP contribution in [0.25, 0.3) is 0 Å². The van der Waals surface area contributed by atoms with Crippen molar-refractivity contribution in [1.29, 1.82) is 0 Å². The van der Waals surface area contributed by atoms with Crippen molar-refractivity contribution in [3.8, 4) is 5.88 Å². The van der Waals surface area contributed by atoms with E-state index in [1.54, 1.807) is 19.4 Å². The van der Waals surface area contributed by atoms with Gasteiger partial charge in [-0.1, -0.05) is 5.22 Å². The Hall–Kier alpha value is -1.69. The molecule has 0 unspecified atom stereocenters. The van der Waals surface area contributed by atoms with Gasteiger partial charge >= 0.3 is 0 Å². The third-order valence-electron chi connectivity index (χ3n) is 2.21. The molecule has 0 N–H and O–H groups in total. The molecular weight excluding hydrogens is 208 g/mol. The van der Waals surface area contributed by atoms with Crippen LogP contribution in [0.15, 0.2) is 28.7 Å². The fourth-order valence-corrected chi connectivity index (χ4v) is 1.37. The highest BCUT2D eigenvalue weighted by atomic mass is 16.5. The van der Waals surface area contributed by atoms with E-state index in [1.165, 1.54) is 0 Å². The lowest BCUT2D eigenvalue weighted by Gasteiger charge is -2.22. The van der Waals surface area contributed by atoms with Crippen LogP contribution in [-0.4, -0.2) is 43.4 Å². The van der Waals surface area contributed by atoms with Gasteiger partial charge in [0.2, 0.25) is 5.88 Å². The Morgan fingerprint density at radius 2 is 2.25 bits per heavy atom. The van der Waals surface area contributed by atoms with Gasteiger partial charge in [-0.15, -0.1) is 5.11 Å². The Morgan fingerprint density at radius 3 is 3.00 bits per heavy atom. The molecule has 0 amide bonds. The number of nitrogens with zero attached hydrogens (tertiary/aromatic N) is 4. The van der Waals surface area contributed by atoms with E-state index in [2.05, 4.69) is 15.3 Å². The molecular formula is C10H14N4O2. The normalized spacial score (nSPS) is 16.7. The summed E-state index contributed by atoms with van der Waals surface area (Å²) in [5, 5.41) is 10.1. The predicted octanol–water partition coefficient (Wildman–Crippen LogP) is 1.42. The van der Waals surface area contributed by atoms with Crippen LogP contribution < -0.4 is 4.74 Å². The van der Waals surface area contributed by atoms with Crippen molar-refractivity contribution in [2.45, 2.75) is 0 Å². The first-order valence-electron chi connectivity index (χ1n) is 5.13. The lowest BCUT2D eigenvalue weighted by Crippen LogP contribution is -2.31. The van der Waals surface area contributed by atoms with Gasteiger partial charge in [0.15, 0.2) is 0 Å². The minimum Gasteiger partial charge on any atom is -0.479 e. The molecule has 0 saturated carbocycles. The highest BCUT2D eigenvalue weighted by Crippen LogP contribution is 2.23. The van der Waals surface area contributed by atoms with Crippen LogP contribution in [-0.2, 0) is 4.74 Å². The molecule has 6 heteroatoms. The maximum absolute atomic E-state index is 5.22. The Balaban J connectivity index is 2.04. The van der Waals surface area contributed by atoms with E-state index in [9.17, 15) is 0 Å². The molecule has 1 aromatic heterocycles. The first kappa shape index (κ1) is 10.8. The molecule has 0 spiro atoms. The van der Waals surface area contributed by atoms with Crippen LogP contribution >= 0.6 is 0 Å². The van der Waals surface area contributed by atoms with Crippen molar-refractivity contribution in [2.75, 3.05) is 33.4 Å². The van der Waals surface area contributed by atoms with Gasteiger partial charge in [-0.05, 0) is 12.1 Å². The lowest BCUT2D eigenvalue weighted by atomic mass is 10.4. The fourth-order valence-electron chi connectivity index (χ4n) is 1.37. The smallest absolute Gasteiger partial charge is 0.241 e. The Morgan fingerprint density at radius 1 is 1.44 bits per heavy atom. The second kappa shape index (κ2) is 5.41. The summed E-state index contributed by atoms with van der Waals surface area (Å²) in [7, 11) is 1.57. The van der Waals surface area contributed by atoms with Gasteiger partial charge in [-0.25, -0.2) is 4.98 Å². The van der Waals surface area contributed by atoms with Gasteiger partial charge in [-0.2, -0.15) is 0 Å². The number of hydrogen-bond donors (Lipinski definition) is 0. The van der Waals surface area contributed by atoms with Crippen LogP contribution in [0.3, 0.4) is 0 Å². The van der Waals surface area contributed by atoms with Crippen molar-refractivity contribution in [2.24, 2.45) is 10.3 Å². The molecule has 1 aliphatic rings. The highest BCUT2D eigenvalue weighted by Gasteiger charge is 2.08. The quantitative estimate of drug-likeness (QED) is 0.726. The van der Waals surface area contributed by atoms with Gasteiger partial charge in [0.1, 0.15) is 5.69 Å². The molecule has 86 valence electrons. The van der Waals surface area contributed by atoms with Crippen LogP contribution in [0.1, 0.15) is 0 Å². The first-order valence-corrected chi connectivity index (χ1v) is 5.13. The van der Waals surface area contributed by atoms with E-state index in [0.29, 0.717) is 24.8 Å². The third-order valence-corrected chi connectivity index (χ3v) is 2.21. The Kier molecular flexibility index (Phi) is 3.66. The van der Waals surface area contributed by atoms with Crippen LogP contribution in [0.4, 0.5) is 5.69 Å². The minimum absolute atomic E-state index is 0.486. The van der Waals surface area contributed by atoms with Crippen molar-refractivity contribution in [1.82, 2.24) is 9.99 Å². The maximum atomic E-state index is 5.22. The number of aromatic nitrogens is 1. The summed E-state index contributed by atoms with van der Waals surface area (Å²) in [6, 6.07) is 3.62. The number of ether oxygens (including phenoxy) is 2. The number of morpholine rings is 1. The number of hydrogen-bond acceptors (Lipinski definition) is 5. The molecule has 0 aromatic carbocycles. The summed E-state index contributed by atoms with van der Waals surface area (Å²) in [5.41, 5.74) is 0.636. The summed E-state index contributed by atoms with van der Waals surface area (Å²) in [6.45, 7) is 2.94. The first-order chi connectivity index (χ1) is 7.90. The zero-order valence-electron chi connectivity index (χ0n) is 9.17. The molecule has 1 saturated heterocycles. The van der Waals surface area contributed by atoms with E-state index >= 15 is 0 Å². The van der Waals surface area contributed by atoms with E-state index in [1.807, 2.05) is 11.1 Å². The second-order valence-corrected chi connectivity index (χ2v) is 3.29. The van der Waals surface area contributed by atoms with E-state index in [0.717, 1.165) is 13.1 Å². The predicted molar refractivity (Wildman–Crippen MR) is 57.7 cm³/mol. The lowest BCUT2D eigenvalue weighted by molar-refractivity contribution is 0.0353. The van der Waals surface area contributed by atoms with Crippen molar-refractivity contribution in [3.05, 3.63) is 18.3 Å². The molecule has 2 heterocycles. The molecule has 0 bridgehead atoms. The van der Waals surface area contributed by atoms with Gasteiger partial charge in [0.25, 0.3) is 0 Å². The molecule has 1 fully saturated rings. The zero-order chi connectivity index (χ0) is 11.2. The summed E-state index contributed by atoms with van der Waals surface area (Å²) < 4.78 is 10.3. The Labute approximate surface area is 93.9 Å². The summed E-state index contributed by atoms with van der Waals surface area (Å²) >= 11 is 0. The number of pyridine rings is 1. The molecule has 0 aliphatic carbocycles. The van der Waals surface area contributed by atoms with Gasteiger partial charge < -0.3 is 9.47 Å². The summed E-state index contributed by atoms with van der Waals surface area (Å²) in [5.74, 6) is 0.486. The SMILES string of the molecule is COc1ncccc1/N=N/N1CCOCC1. The average Bonchev–Trinajstić information content (AvgIpc) is 2.38. The van der Waals surface area contributed by atoms with Crippen LogP contribution in [0, 0.1) is 0 Å². The molecule has 6 nitrogen and oxygen atoms in total. The molecule has 1 aromatic rings. The van der Waals surface area contributed by atoms with Crippen LogP contribution in [0.2, 0.25) is 0 Å². The number of methoxy groups -OCH3 is 1. The molecule has 16 heavy (non-hydrogen) atoms. The molecule has 2 rings (SSSR count). The van der Waals surface area contributed by atoms with E-state index < -0.39 is 0 Å². The number of rotatable bonds is 3. The average molecular weight is 222 g/mol. The van der Waals surface area contributed by atoms with Crippen LogP contribution in [0.5, 0.6) is 5.88 Å². The summed E-state index contributed by atoms with van der Waals surface area (Å²) in [6.07, 6.45) is 1.66. The maximum Gasteiger partial charge on any atom is 0.241 e. The van der Waals surface area contributed by atoms with Crippen molar-refractivity contribution >= 4 is 5.69 Å².